The molecule has 0 aliphatic rings. The van der Waals surface area contributed by atoms with Gasteiger partial charge < -0.3 is 10.8 Å². The van der Waals surface area contributed by atoms with Crippen LogP contribution in [0, 0.1) is 5.92 Å². The number of hydrogen-bond donors (Lipinski definition) is 2. The van der Waals surface area contributed by atoms with E-state index in [-0.39, 0.29) is 5.92 Å². The summed E-state index contributed by atoms with van der Waals surface area (Å²) in [7, 11) is 2.70. The normalized spacial score (nSPS) is 11.8. The lowest BCUT2D eigenvalue weighted by Crippen LogP contribution is -2.34. The Bertz CT molecular complexity index is 127. The Balaban J connectivity index is 0. The fraction of sp³-hybridized carbons (Fsp3) is 0.889. The maximum atomic E-state index is 10.0. The molecule has 0 aromatic carbocycles. The topological polar surface area (TPSA) is 63.3 Å². The molecule has 4 heteroatoms. The zero-order valence-electron chi connectivity index (χ0n) is 8.79. The van der Waals surface area contributed by atoms with Gasteiger partial charge in [0.15, 0.2) is 0 Å². The van der Waals surface area contributed by atoms with Crippen LogP contribution in [0.15, 0.2) is 0 Å². The summed E-state index contributed by atoms with van der Waals surface area (Å²) >= 11 is 0. The molecule has 0 rings (SSSR count). The molecule has 0 fully saturated rings. The molecule has 0 saturated carbocycles. The number of nitrogens with two attached hydrogens (primary N) is 1. The second kappa shape index (κ2) is 9.94. The Morgan fingerprint density at radius 3 is 2.00 bits per heavy atom. The third kappa shape index (κ3) is 11.9. The second-order valence-corrected chi connectivity index (χ2v) is 3.83. The molecular weight excluding hydrogens is 185 g/mol. The monoisotopic (exact) mass is 207 g/mol. The summed E-state index contributed by atoms with van der Waals surface area (Å²) in [6.07, 6.45) is 3.94. The molecule has 1 unspecified atom stereocenters. The van der Waals surface area contributed by atoms with E-state index in [4.69, 9.17) is 10.8 Å². The van der Waals surface area contributed by atoms with Gasteiger partial charge in [0.05, 0.1) is 0 Å². The van der Waals surface area contributed by atoms with Crippen LogP contribution in [-0.2, 0) is 4.79 Å². The van der Waals surface area contributed by atoms with Crippen LogP contribution >= 0.6 is 9.24 Å². The highest BCUT2D eigenvalue weighted by Gasteiger charge is 2.14. The number of aliphatic carboxylic acids is 1. The van der Waals surface area contributed by atoms with Crippen molar-refractivity contribution in [2.75, 3.05) is 6.16 Å². The summed E-state index contributed by atoms with van der Waals surface area (Å²) in [5.41, 5.74) is 5.16. The quantitative estimate of drug-likeness (QED) is 0.690. The molecule has 0 aromatic heterocycles. The molecule has 0 radical (unpaired) electrons. The first-order valence-electron chi connectivity index (χ1n) is 4.65. The molecule has 0 spiro atoms. The average molecular weight is 207 g/mol. The minimum absolute atomic E-state index is 0.0208. The van der Waals surface area contributed by atoms with Gasteiger partial charge >= 0.3 is 5.97 Å². The van der Waals surface area contributed by atoms with Gasteiger partial charge in [-0.3, -0.25) is 4.79 Å². The highest BCUT2D eigenvalue weighted by atomic mass is 31.0. The van der Waals surface area contributed by atoms with Crippen molar-refractivity contribution in [3.63, 3.8) is 0 Å². The lowest BCUT2D eigenvalue weighted by Gasteiger charge is -2.07. The first-order valence-corrected chi connectivity index (χ1v) is 5.47. The standard InChI is InChI=1S/C5H11NO2.C4H11P/c1-3(2)4(6)5(7)8;1-2-3-4-5/h3-4H,6H2,1-2H3,(H,7,8);2-5H2,1H3/t4-;/m0./s1. The first kappa shape index (κ1) is 15.3. The Kier molecular flexibility index (Phi) is 11.7. The molecule has 3 N–H and O–H groups in total. The van der Waals surface area contributed by atoms with Crippen molar-refractivity contribution in [2.45, 2.75) is 39.7 Å². The third-order valence-electron chi connectivity index (χ3n) is 1.56. The van der Waals surface area contributed by atoms with Crippen LogP contribution in [-0.4, -0.2) is 23.3 Å². The van der Waals surface area contributed by atoms with E-state index in [1.165, 1.54) is 19.0 Å². The van der Waals surface area contributed by atoms with E-state index < -0.39 is 12.0 Å². The zero-order chi connectivity index (χ0) is 10.9. The summed E-state index contributed by atoms with van der Waals surface area (Å²) in [5.74, 6) is -0.910. The number of rotatable bonds is 4. The van der Waals surface area contributed by atoms with Gasteiger partial charge in [0, 0.05) is 0 Å². The predicted molar refractivity (Wildman–Crippen MR) is 59.9 cm³/mol. The van der Waals surface area contributed by atoms with Crippen molar-refractivity contribution < 1.29 is 9.90 Å². The molecule has 80 valence electrons. The van der Waals surface area contributed by atoms with E-state index in [0.717, 1.165) is 0 Å². The van der Waals surface area contributed by atoms with E-state index in [1.54, 1.807) is 13.8 Å². The zero-order valence-corrected chi connectivity index (χ0v) is 9.94. The summed E-state index contributed by atoms with van der Waals surface area (Å²) in [6.45, 7) is 5.75. The van der Waals surface area contributed by atoms with Crippen LogP contribution in [0.5, 0.6) is 0 Å². The van der Waals surface area contributed by atoms with Crippen molar-refractivity contribution in [1.82, 2.24) is 0 Å². The van der Waals surface area contributed by atoms with Crippen LogP contribution < -0.4 is 5.73 Å². The van der Waals surface area contributed by atoms with Gasteiger partial charge in [0.1, 0.15) is 6.04 Å². The van der Waals surface area contributed by atoms with Crippen molar-refractivity contribution in [3.05, 3.63) is 0 Å². The van der Waals surface area contributed by atoms with Crippen molar-refractivity contribution in [1.29, 1.82) is 0 Å². The molecule has 0 aromatic rings. The number of carbonyl (C=O) groups is 1. The van der Waals surface area contributed by atoms with E-state index >= 15 is 0 Å². The lowest BCUT2D eigenvalue weighted by molar-refractivity contribution is -0.139. The van der Waals surface area contributed by atoms with Crippen LogP contribution in [0.1, 0.15) is 33.6 Å². The maximum absolute atomic E-state index is 10.0. The van der Waals surface area contributed by atoms with Crippen LogP contribution in [0.25, 0.3) is 0 Å². The SMILES string of the molecule is CC(C)[C@H](N)C(=O)O.CCCCP. The molecule has 2 atom stereocenters. The molecule has 0 bridgehead atoms. The second-order valence-electron chi connectivity index (χ2n) is 3.25. The predicted octanol–water partition coefficient (Wildman–Crippen LogP) is 1.72. The van der Waals surface area contributed by atoms with Gasteiger partial charge in [-0.25, -0.2) is 0 Å². The van der Waals surface area contributed by atoms with Crippen molar-refractivity contribution >= 4 is 15.2 Å². The largest absolute Gasteiger partial charge is 0.480 e. The summed E-state index contributed by atoms with van der Waals surface area (Å²) in [5, 5.41) is 8.23. The summed E-state index contributed by atoms with van der Waals surface area (Å²) < 4.78 is 0. The Morgan fingerprint density at radius 2 is 2.00 bits per heavy atom. The summed E-state index contributed by atoms with van der Waals surface area (Å²) in [4.78, 5) is 10.0. The molecule has 0 amide bonds. The van der Waals surface area contributed by atoms with E-state index in [2.05, 4.69) is 16.2 Å². The van der Waals surface area contributed by atoms with Crippen molar-refractivity contribution in [2.24, 2.45) is 11.7 Å². The smallest absolute Gasteiger partial charge is 0.320 e. The average Bonchev–Trinajstić information content (AvgIpc) is 2.05. The van der Waals surface area contributed by atoms with Gasteiger partial charge in [-0.05, 0) is 12.1 Å². The van der Waals surface area contributed by atoms with E-state index in [1.807, 2.05) is 0 Å². The van der Waals surface area contributed by atoms with Gasteiger partial charge in [-0.15, -0.1) is 9.24 Å². The van der Waals surface area contributed by atoms with E-state index in [9.17, 15) is 4.79 Å². The molecular formula is C9H22NO2P. The van der Waals surface area contributed by atoms with Crippen LogP contribution in [0.2, 0.25) is 0 Å². The fourth-order valence-electron chi connectivity index (χ4n) is 0.489. The molecule has 0 heterocycles. The highest BCUT2D eigenvalue weighted by molar-refractivity contribution is 7.16. The van der Waals surface area contributed by atoms with Gasteiger partial charge in [-0.1, -0.05) is 33.6 Å². The lowest BCUT2D eigenvalue weighted by atomic mass is 10.1. The highest BCUT2D eigenvalue weighted by Crippen LogP contribution is 1.96. The Labute approximate surface area is 83.3 Å². The summed E-state index contributed by atoms with van der Waals surface area (Å²) in [6, 6.07) is -0.713. The van der Waals surface area contributed by atoms with Gasteiger partial charge in [-0.2, -0.15) is 0 Å². The minimum atomic E-state index is -0.931. The Morgan fingerprint density at radius 1 is 1.54 bits per heavy atom. The molecule has 0 saturated heterocycles. The maximum Gasteiger partial charge on any atom is 0.320 e. The van der Waals surface area contributed by atoms with Crippen LogP contribution in [0.3, 0.4) is 0 Å². The number of carboxylic acids is 1. The molecule has 3 nitrogen and oxygen atoms in total. The molecule has 0 aliphatic heterocycles. The first-order chi connectivity index (χ1) is 5.97. The van der Waals surface area contributed by atoms with Crippen LogP contribution in [0.4, 0.5) is 0 Å². The van der Waals surface area contributed by atoms with Gasteiger partial charge in [0.2, 0.25) is 0 Å². The van der Waals surface area contributed by atoms with Crippen molar-refractivity contribution in [3.8, 4) is 0 Å². The third-order valence-corrected chi connectivity index (χ3v) is 1.97. The Hall–Kier alpha value is -0.140. The van der Waals surface area contributed by atoms with E-state index in [0.29, 0.717) is 0 Å². The number of hydrogen-bond acceptors (Lipinski definition) is 2. The number of unbranched alkanes of at least 4 members (excludes halogenated alkanes) is 1. The molecule has 0 aliphatic carbocycles. The fourth-order valence-corrected chi connectivity index (χ4v) is 0.898. The van der Waals surface area contributed by atoms with Gasteiger partial charge in [0.25, 0.3) is 0 Å². The number of carboxylic acid groups (broad SMARTS) is 1. The molecule has 13 heavy (non-hydrogen) atoms. The minimum Gasteiger partial charge on any atom is -0.480 e.